The summed E-state index contributed by atoms with van der Waals surface area (Å²) in [6.45, 7) is 8.52. The highest BCUT2D eigenvalue weighted by Gasteiger charge is 2.26. The Hall–Kier alpha value is -1.86. The second-order valence-corrected chi connectivity index (χ2v) is 9.43. The molecule has 7 heteroatoms. The van der Waals surface area contributed by atoms with Gasteiger partial charge in [0.2, 0.25) is 5.91 Å². The Morgan fingerprint density at radius 3 is 2.33 bits per heavy atom. The van der Waals surface area contributed by atoms with E-state index in [1.807, 2.05) is 63.2 Å². The minimum atomic E-state index is -0.616. The average Bonchev–Trinajstić information content (AvgIpc) is 2.71. The third kappa shape index (κ3) is 7.43. The number of carbonyl (C=O) groups excluding carboxylic acids is 2. The Balaban J connectivity index is 2.13. The van der Waals surface area contributed by atoms with Crippen molar-refractivity contribution >= 4 is 43.7 Å². The molecule has 1 atom stereocenters. The highest BCUT2D eigenvalue weighted by molar-refractivity contribution is 9.10. The van der Waals surface area contributed by atoms with Crippen molar-refractivity contribution in [2.24, 2.45) is 5.92 Å². The number of aryl methyl sites for hydroxylation is 1. The van der Waals surface area contributed by atoms with E-state index >= 15 is 0 Å². The van der Waals surface area contributed by atoms with Gasteiger partial charge < -0.3 is 15.0 Å². The second kappa shape index (κ2) is 11.5. The molecule has 2 aromatic rings. The van der Waals surface area contributed by atoms with Gasteiger partial charge in [-0.2, -0.15) is 0 Å². The van der Waals surface area contributed by atoms with E-state index in [4.69, 9.17) is 4.74 Å². The van der Waals surface area contributed by atoms with Crippen LogP contribution in [0.25, 0.3) is 0 Å². The summed E-state index contributed by atoms with van der Waals surface area (Å²) in [5, 5.41) is 2.91. The smallest absolute Gasteiger partial charge is 0.261 e. The molecular weight excluding hydrogens is 512 g/mol. The van der Waals surface area contributed by atoms with E-state index in [2.05, 4.69) is 37.2 Å². The van der Waals surface area contributed by atoms with E-state index in [1.165, 1.54) is 0 Å². The summed E-state index contributed by atoms with van der Waals surface area (Å²) in [6.07, 6.45) is 0. The largest absolute Gasteiger partial charge is 0.484 e. The van der Waals surface area contributed by atoms with Crippen LogP contribution < -0.4 is 10.1 Å². The maximum absolute atomic E-state index is 13.0. The lowest BCUT2D eigenvalue weighted by atomic mass is 10.1. The number of hydrogen-bond donors (Lipinski definition) is 1. The van der Waals surface area contributed by atoms with Crippen molar-refractivity contribution < 1.29 is 14.3 Å². The molecule has 0 aliphatic heterocycles. The van der Waals surface area contributed by atoms with Crippen LogP contribution in [0.4, 0.5) is 0 Å². The SMILES string of the molecule is Cc1cc(OCC(=O)N(Cc2ccc(Br)cc2)[C@@H](C)C(=O)NCC(C)C)ccc1Br. The van der Waals surface area contributed by atoms with Gasteiger partial charge >= 0.3 is 0 Å². The maximum atomic E-state index is 13.0. The highest BCUT2D eigenvalue weighted by atomic mass is 79.9. The fraction of sp³-hybridized carbons (Fsp3) is 0.391. The molecule has 0 aromatic heterocycles. The van der Waals surface area contributed by atoms with Crippen molar-refractivity contribution in [3.05, 3.63) is 62.5 Å². The lowest BCUT2D eigenvalue weighted by Gasteiger charge is -2.29. The summed E-state index contributed by atoms with van der Waals surface area (Å²) in [5.74, 6) is 0.532. The Morgan fingerprint density at radius 1 is 1.07 bits per heavy atom. The van der Waals surface area contributed by atoms with Crippen molar-refractivity contribution in [3.63, 3.8) is 0 Å². The molecule has 0 unspecified atom stereocenters. The fourth-order valence-electron chi connectivity index (χ4n) is 2.76. The number of carbonyl (C=O) groups is 2. The zero-order chi connectivity index (χ0) is 22.3. The first kappa shape index (κ1) is 24.4. The molecule has 0 saturated heterocycles. The van der Waals surface area contributed by atoms with Crippen LogP contribution in [-0.4, -0.2) is 35.9 Å². The van der Waals surface area contributed by atoms with Crippen LogP contribution in [0.1, 0.15) is 31.9 Å². The van der Waals surface area contributed by atoms with Gasteiger partial charge in [0.1, 0.15) is 11.8 Å². The minimum Gasteiger partial charge on any atom is -0.484 e. The quantitative estimate of drug-likeness (QED) is 0.483. The Morgan fingerprint density at radius 2 is 1.73 bits per heavy atom. The van der Waals surface area contributed by atoms with Crippen molar-refractivity contribution in [2.45, 2.75) is 40.3 Å². The van der Waals surface area contributed by atoms with Gasteiger partial charge in [-0.1, -0.05) is 57.8 Å². The van der Waals surface area contributed by atoms with E-state index in [1.54, 1.807) is 11.8 Å². The van der Waals surface area contributed by atoms with Crippen molar-refractivity contribution in [2.75, 3.05) is 13.2 Å². The molecule has 0 radical (unpaired) electrons. The summed E-state index contributed by atoms with van der Waals surface area (Å²) in [4.78, 5) is 27.2. The van der Waals surface area contributed by atoms with E-state index in [0.717, 1.165) is 20.1 Å². The number of nitrogens with zero attached hydrogens (tertiary/aromatic N) is 1. The molecule has 2 aromatic carbocycles. The molecular formula is C23H28Br2N2O3. The number of halogens is 2. The molecule has 5 nitrogen and oxygen atoms in total. The third-order valence-corrected chi connectivity index (χ3v) is 6.03. The molecule has 0 spiro atoms. The predicted molar refractivity (Wildman–Crippen MR) is 126 cm³/mol. The van der Waals surface area contributed by atoms with Crippen LogP contribution in [0, 0.1) is 12.8 Å². The zero-order valence-corrected chi connectivity index (χ0v) is 20.9. The lowest BCUT2D eigenvalue weighted by Crippen LogP contribution is -2.49. The van der Waals surface area contributed by atoms with Gasteiger partial charge in [-0.3, -0.25) is 9.59 Å². The molecule has 2 rings (SSSR count). The summed E-state index contributed by atoms with van der Waals surface area (Å²) in [5.41, 5.74) is 1.96. The molecule has 1 N–H and O–H groups in total. The molecule has 0 bridgehead atoms. The van der Waals surface area contributed by atoms with Crippen LogP contribution in [0.2, 0.25) is 0 Å². The Kier molecular flexibility index (Phi) is 9.37. The summed E-state index contributed by atoms with van der Waals surface area (Å²) in [7, 11) is 0. The molecule has 2 amide bonds. The topological polar surface area (TPSA) is 58.6 Å². The van der Waals surface area contributed by atoms with Gasteiger partial charge in [-0.05, 0) is 61.2 Å². The monoisotopic (exact) mass is 538 g/mol. The first-order valence-electron chi connectivity index (χ1n) is 9.88. The molecule has 162 valence electrons. The first-order valence-corrected chi connectivity index (χ1v) is 11.5. The minimum absolute atomic E-state index is 0.139. The maximum Gasteiger partial charge on any atom is 0.261 e. The van der Waals surface area contributed by atoms with Crippen LogP contribution >= 0.6 is 31.9 Å². The summed E-state index contributed by atoms with van der Waals surface area (Å²) >= 11 is 6.88. The Bertz CT molecular complexity index is 869. The molecule has 30 heavy (non-hydrogen) atoms. The average molecular weight is 540 g/mol. The normalized spacial score (nSPS) is 11.8. The van der Waals surface area contributed by atoms with E-state index < -0.39 is 6.04 Å². The molecule has 0 saturated carbocycles. The number of ether oxygens (including phenoxy) is 1. The number of benzene rings is 2. The van der Waals surface area contributed by atoms with Gasteiger partial charge in [-0.25, -0.2) is 0 Å². The van der Waals surface area contributed by atoms with E-state index in [9.17, 15) is 9.59 Å². The molecule has 0 aliphatic carbocycles. The number of rotatable bonds is 9. The van der Waals surface area contributed by atoms with Crippen LogP contribution in [0.5, 0.6) is 5.75 Å². The lowest BCUT2D eigenvalue weighted by molar-refractivity contribution is -0.142. The van der Waals surface area contributed by atoms with E-state index in [-0.39, 0.29) is 18.4 Å². The molecule has 0 aliphatic rings. The molecule has 0 heterocycles. The van der Waals surface area contributed by atoms with Gasteiger partial charge in [-0.15, -0.1) is 0 Å². The summed E-state index contributed by atoms with van der Waals surface area (Å²) in [6, 6.07) is 12.7. The van der Waals surface area contributed by atoms with Crippen LogP contribution in [0.15, 0.2) is 51.4 Å². The predicted octanol–water partition coefficient (Wildman–Crippen LogP) is 5.09. The van der Waals surface area contributed by atoms with Gasteiger partial charge in [0, 0.05) is 22.0 Å². The van der Waals surface area contributed by atoms with Crippen molar-refractivity contribution in [1.82, 2.24) is 10.2 Å². The second-order valence-electron chi connectivity index (χ2n) is 7.66. The van der Waals surface area contributed by atoms with Crippen molar-refractivity contribution in [3.8, 4) is 5.75 Å². The highest BCUT2D eigenvalue weighted by Crippen LogP contribution is 2.22. The third-order valence-electron chi connectivity index (χ3n) is 4.61. The van der Waals surface area contributed by atoms with Crippen LogP contribution in [-0.2, 0) is 16.1 Å². The molecule has 0 fully saturated rings. The number of hydrogen-bond acceptors (Lipinski definition) is 3. The fourth-order valence-corrected chi connectivity index (χ4v) is 3.27. The van der Waals surface area contributed by atoms with E-state index in [0.29, 0.717) is 24.8 Å². The summed E-state index contributed by atoms with van der Waals surface area (Å²) < 4.78 is 7.66. The number of amides is 2. The Labute approximate surface area is 195 Å². The van der Waals surface area contributed by atoms with Gasteiger partial charge in [0.15, 0.2) is 6.61 Å². The number of nitrogens with one attached hydrogen (secondary N) is 1. The standard InChI is InChI=1S/C23H28Br2N2O3/c1-15(2)12-26-23(29)17(4)27(13-18-5-7-19(24)8-6-18)22(28)14-30-20-9-10-21(25)16(3)11-20/h5-11,15,17H,12-14H2,1-4H3,(H,26,29)/t17-/m0/s1. The zero-order valence-electron chi connectivity index (χ0n) is 17.7. The van der Waals surface area contributed by atoms with Gasteiger partial charge in [0.25, 0.3) is 5.91 Å². The van der Waals surface area contributed by atoms with Gasteiger partial charge in [0.05, 0.1) is 0 Å². The first-order chi connectivity index (χ1) is 14.2. The van der Waals surface area contributed by atoms with Crippen molar-refractivity contribution in [1.29, 1.82) is 0 Å². The van der Waals surface area contributed by atoms with Crippen LogP contribution in [0.3, 0.4) is 0 Å².